The molecule has 1 aliphatic rings. The first kappa shape index (κ1) is 14.2. The molecule has 1 heterocycles. The van der Waals surface area contributed by atoms with Crippen molar-refractivity contribution < 1.29 is 19.7 Å². The molecule has 4 heteroatoms. The summed E-state index contributed by atoms with van der Waals surface area (Å²) in [6.45, 7) is 3.94. The molecule has 1 aliphatic heterocycles. The zero-order chi connectivity index (χ0) is 12.8. The molecule has 0 aromatic heterocycles. The molecule has 0 spiro atoms. The predicted molar refractivity (Wildman–Crippen MR) is 64.3 cm³/mol. The molecule has 2 unspecified atom stereocenters. The average Bonchev–Trinajstić information content (AvgIpc) is 2.57. The van der Waals surface area contributed by atoms with E-state index in [0.29, 0.717) is 19.3 Å². The molecule has 2 N–H and O–H groups in total. The zero-order valence-electron chi connectivity index (χ0n) is 10.5. The summed E-state index contributed by atoms with van der Waals surface area (Å²) < 4.78 is 5.13. The first-order valence-corrected chi connectivity index (χ1v) is 6.26. The lowest BCUT2D eigenvalue weighted by molar-refractivity contribution is -0.141. The quantitative estimate of drug-likeness (QED) is 0.546. The van der Waals surface area contributed by atoms with Crippen LogP contribution in [0.4, 0.5) is 0 Å². The van der Waals surface area contributed by atoms with Crippen LogP contribution >= 0.6 is 0 Å². The number of aliphatic hydroxyl groups excluding tert-OH is 2. The van der Waals surface area contributed by atoms with E-state index in [1.54, 1.807) is 12.2 Å². The highest BCUT2D eigenvalue weighted by molar-refractivity contribution is 5.72. The number of hydrogen-bond donors (Lipinski definition) is 2. The van der Waals surface area contributed by atoms with Gasteiger partial charge >= 0.3 is 5.97 Å². The van der Waals surface area contributed by atoms with Crippen molar-refractivity contribution in [3.63, 3.8) is 0 Å². The SMILES string of the molecule is CCCC(O)C(O)/C=C/C[C@@H]1OC(=O)C[C@H]1C. The number of carbonyl (C=O) groups is 1. The smallest absolute Gasteiger partial charge is 0.306 e. The van der Waals surface area contributed by atoms with Crippen LogP contribution in [0, 0.1) is 5.92 Å². The molecule has 1 rings (SSSR count). The van der Waals surface area contributed by atoms with Crippen LogP contribution in [0.25, 0.3) is 0 Å². The van der Waals surface area contributed by atoms with E-state index in [1.165, 1.54) is 0 Å². The molecular weight excluding hydrogens is 220 g/mol. The maximum atomic E-state index is 11.0. The van der Waals surface area contributed by atoms with E-state index in [0.717, 1.165) is 6.42 Å². The highest BCUT2D eigenvalue weighted by Crippen LogP contribution is 2.24. The van der Waals surface area contributed by atoms with E-state index in [9.17, 15) is 15.0 Å². The normalized spacial score (nSPS) is 28.4. The van der Waals surface area contributed by atoms with Gasteiger partial charge in [0.2, 0.25) is 0 Å². The van der Waals surface area contributed by atoms with Crippen LogP contribution < -0.4 is 0 Å². The van der Waals surface area contributed by atoms with Crippen LogP contribution in [0.2, 0.25) is 0 Å². The van der Waals surface area contributed by atoms with E-state index < -0.39 is 12.2 Å². The molecule has 1 saturated heterocycles. The molecule has 98 valence electrons. The first-order chi connectivity index (χ1) is 8.04. The van der Waals surface area contributed by atoms with Gasteiger partial charge in [-0.1, -0.05) is 32.4 Å². The summed E-state index contributed by atoms with van der Waals surface area (Å²) in [6, 6.07) is 0. The van der Waals surface area contributed by atoms with E-state index in [2.05, 4.69) is 0 Å². The van der Waals surface area contributed by atoms with Crippen molar-refractivity contribution in [2.45, 2.75) is 57.8 Å². The standard InChI is InChI=1S/C13H22O4/c1-3-5-10(14)11(15)6-4-7-12-9(2)8-13(16)17-12/h4,6,9-12,14-15H,3,5,7-8H2,1-2H3/b6-4+/t9-,10?,11?,12+/m1/s1. The lowest BCUT2D eigenvalue weighted by Crippen LogP contribution is -2.23. The minimum atomic E-state index is -0.831. The molecular formula is C13H22O4. The van der Waals surface area contributed by atoms with Crippen LogP contribution in [-0.4, -0.2) is 34.5 Å². The van der Waals surface area contributed by atoms with Crippen molar-refractivity contribution >= 4 is 5.97 Å². The fraction of sp³-hybridized carbons (Fsp3) is 0.769. The van der Waals surface area contributed by atoms with E-state index in [4.69, 9.17) is 4.74 Å². The summed E-state index contributed by atoms with van der Waals surface area (Å²) in [6.07, 6.45) is 4.23. The predicted octanol–water partition coefficient (Wildman–Crippen LogP) is 1.41. The minimum absolute atomic E-state index is 0.0886. The van der Waals surface area contributed by atoms with Gasteiger partial charge < -0.3 is 14.9 Å². The van der Waals surface area contributed by atoms with Gasteiger partial charge in [0.15, 0.2) is 0 Å². The van der Waals surface area contributed by atoms with Crippen molar-refractivity contribution in [1.82, 2.24) is 0 Å². The van der Waals surface area contributed by atoms with Crippen molar-refractivity contribution in [2.75, 3.05) is 0 Å². The van der Waals surface area contributed by atoms with E-state index >= 15 is 0 Å². The second kappa shape index (κ2) is 6.77. The highest BCUT2D eigenvalue weighted by Gasteiger charge is 2.30. The van der Waals surface area contributed by atoms with Crippen LogP contribution in [0.5, 0.6) is 0 Å². The Balaban J connectivity index is 2.32. The molecule has 0 amide bonds. The summed E-state index contributed by atoms with van der Waals surface area (Å²) in [5, 5.41) is 19.1. The fourth-order valence-electron chi connectivity index (χ4n) is 1.95. The van der Waals surface area contributed by atoms with E-state index in [1.807, 2.05) is 13.8 Å². The molecule has 0 saturated carbocycles. The molecule has 4 nitrogen and oxygen atoms in total. The Kier molecular flexibility index (Phi) is 5.65. The number of esters is 1. The number of cyclic esters (lactones) is 1. The molecule has 4 atom stereocenters. The highest BCUT2D eigenvalue weighted by atomic mass is 16.5. The van der Waals surface area contributed by atoms with Crippen molar-refractivity contribution in [3.05, 3.63) is 12.2 Å². The number of aliphatic hydroxyl groups is 2. The minimum Gasteiger partial charge on any atom is -0.462 e. The van der Waals surface area contributed by atoms with Gasteiger partial charge in [0.05, 0.1) is 18.6 Å². The van der Waals surface area contributed by atoms with Crippen LogP contribution in [0.3, 0.4) is 0 Å². The third-order valence-corrected chi connectivity index (χ3v) is 3.09. The second-order valence-corrected chi connectivity index (χ2v) is 4.72. The molecule has 0 radical (unpaired) electrons. The molecule has 17 heavy (non-hydrogen) atoms. The van der Waals surface area contributed by atoms with Gasteiger partial charge in [-0.3, -0.25) is 4.79 Å². The Morgan fingerprint density at radius 2 is 2.24 bits per heavy atom. The lowest BCUT2D eigenvalue weighted by atomic mass is 10.0. The van der Waals surface area contributed by atoms with Gasteiger partial charge in [-0.05, 0) is 6.42 Å². The fourth-order valence-corrected chi connectivity index (χ4v) is 1.95. The van der Waals surface area contributed by atoms with Gasteiger partial charge in [0, 0.05) is 12.3 Å². The number of rotatable bonds is 6. The summed E-state index contributed by atoms with van der Waals surface area (Å²) >= 11 is 0. The Bertz CT molecular complexity index is 275. The largest absolute Gasteiger partial charge is 0.462 e. The van der Waals surface area contributed by atoms with E-state index in [-0.39, 0.29) is 18.0 Å². The van der Waals surface area contributed by atoms with Crippen LogP contribution in [-0.2, 0) is 9.53 Å². The molecule has 0 bridgehead atoms. The first-order valence-electron chi connectivity index (χ1n) is 6.26. The van der Waals surface area contributed by atoms with Crippen molar-refractivity contribution in [1.29, 1.82) is 0 Å². The maximum absolute atomic E-state index is 11.0. The summed E-state index contributed by atoms with van der Waals surface area (Å²) in [5.41, 5.74) is 0. The molecule has 0 aromatic rings. The average molecular weight is 242 g/mol. The molecule has 0 aliphatic carbocycles. The summed E-state index contributed by atoms with van der Waals surface area (Å²) in [4.78, 5) is 11.0. The lowest BCUT2D eigenvalue weighted by Gasteiger charge is -2.14. The van der Waals surface area contributed by atoms with Crippen LogP contribution in [0.1, 0.15) is 39.5 Å². The Hall–Kier alpha value is -0.870. The van der Waals surface area contributed by atoms with Gasteiger partial charge in [0.1, 0.15) is 6.10 Å². The number of carbonyl (C=O) groups excluding carboxylic acids is 1. The number of ether oxygens (including phenoxy) is 1. The van der Waals surface area contributed by atoms with Gasteiger partial charge in [-0.2, -0.15) is 0 Å². The zero-order valence-corrected chi connectivity index (χ0v) is 10.5. The van der Waals surface area contributed by atoms with Crippen molar-refractivity contribution in [3.8, 4) is 0 Å². The maximum Gasteiger partial charge on any atom is 0.306 e. The van der Waals surface area contributed by atoms with Crippen LogP contribution in [0.15, 0.2) is 12.2 Å². The second-order valence-electron chi connectivity index (χ2n) is 4.72. The third-order valence-electron chi connectivity index (χ3n) is 3.09. The van der Waals surface area contributed by atoms with Crippen molar-refractivity contribution in [2.24, 2.45) is 5.92 Å². The Morgan fingerprint density at radius 3 is 2.76 bits per heavy atom. The van der Waals surface area contributed by atoms with Gasteiger partial charge in [-0.15, -0.1) is 0 Å². The Labute approximate surface area is 102 Å². The summed E-state index contributed by atoms with van der Waals surface area (Å²) in [5.74, 6) is 0.0762. The summed E-state index contributed by atoms with van der Waals surface area (Å²) in [7, 11) is 0. The third kappa shape index (κ3) is 4.48. The monoisotopic (exact) mass is 242 g/mol. The Morgan fingerprint density at radius 1 is 1.53 bits per heavy atom. The molecule has 1 fully saturated rings. The van der Waals surface area contributed by atoms with Gasteiger partial charge in [0.25, 0.3) is 0 Å². The molecule has 0 aromatic carbocycles. The topological polar surface area (TPSA) is 66.8 Å². The number of hydrogen-bond acceptors (Lipinski definition) is 4. The van der Waals surface area contributed by atoms with Gasteiger partial charge in [-0.25, -0.2) is 0 Å².